The van der Waals surface area contributed by atoms with E-state index in [0.717, 1.165) is 0 Å². The van der Waals surface area contributed by atoms with Gasteiger partial charge in [0.05, 0.1) is 16.8 Å². The van der Waals surface area contributed by atoms with Crippen LogP contribution in [-0.4, -0.2) is 17.9 Å². The maximum atomic E-state index is 11.9. The lowest BCUT2D eigenvalue weighted by Gasteiger charge is -2.15. The number of primary amides is 1. The van der Waals surface area contributed by atoms with Gasteiger partial charge in [0.2, 0.25) is 11.8 Å². The van der Waals surface area contributed by atoms with Crippen LogP contribution in [0.3, 0.4) is 0 Å². The standard InChI is InChI=1S/C13H18ClN3O2/c1-7(2)5-10(15)13(19)17-11-6-8(12(16)18)3-4-9(11)14/h3-4,6-7,10H,5,15H2,1-2H3,(H2,16,18)(H,17,19). The predicted molar refractivity (Wildman–Crippen MR) is 76.0 cm³/mol. The van der Waals surface area contributed by atoms with E-state index in [1.807, 2.05) is 13.8 Å². The zero-order valence-electron chi connectivity index (χ0n) is 10.9. The second kappa shape index (κ2) is 6.54. The molecule has 104 valence electrons. The summed E-state index contributed by atoms with van der Waals surface area (Å²) in [7, 11) is 0. The molecule has 0 fully saturated rings. The Labute approximate surface area is 117 Å². The van der Waals surface area contributed by atoms with Crippen molar-refractivity contribution in [3.8, 4) is 0 Å². The summed E-state index contributed by atoms with van der Waals surface area (Å²) in [5.41, 5.74) is 11.5. The lowest BCUT2D eigenvalue weighted by atomic mass is 10.0. The van der Waals surface area contributed by atoms with E-state index in [-0.39, 0.29) is 11.5 Å². The summed E-state index contributed by atoms with van der Waals surface area (Å²) in [5.74, 6) is -0.607. The molecule has 0 aromatic heterocycles. The van der Waals surface area contributed by atoms with E-state index in [0.29, 0.717) is 23.0 Å². The van der Waals surface area contributed by atoms with Gasteiger partial charge in [0.15, 0.2) is 0 Å². The van der Waals surface area contributed by atoms with Gasteiger partial charge in [-0.2, -0.15) is 0 Å². The van der Waals surface area contributed by atoms with Gasteiger partial charge < -0.3 is 16.8 Å². The molecule has 0 saturated heterocycles. The zero-order chi connectivity index (χ0) is 14.6. The first-order valence-corrected chi connectivity index (χ1v) is 6.35. The smallest absolute Gasteiger partial charge is 0.248 e. The summed E-state index contributed by atoms with van der Waals surface area (Å²) in [4.78, 5) is 22.9. The molecule has 0 aliphatic heterocycles. The molecule has 0 spiro atoms. The Hall–Kier alpha value is -1.59. The van der Waals surface area contributed by atoms with Crippen molar-refractivity contribution in [3.63, 3.8) is 0 Å². The van der Waals surface area contributed by atoms with E-state index in [9.17, 15) is 9.59 Å². The van der Waals surface area contributed by atoms with Crippen molar-refractivity contribution in [1.29, 1.82) is 0 Å². The number of amides is 2. The van der Waals surface area contributed by atoms with Crippen LogP contribution >= 0.6 is 11.6 Å². The summed E-state index contributed by atoms with van der Waals surface area (Å²) in [6.45, 7) is 3.96. The first kappa shape index (κ1) is 15.5. The molecule has 0 heterocycles. The fourth-order valence-corrected chi connectivity index (χ4v) is 1.78. The van der Waals surface area contributed by atoms with Gasteiger partial charge in [-0.05, 0) is 30.5 Å². The molecule has 6 heteroatoms. The summed E-state index contributed by atoms with van der Waals surface area (Å²) in [6.07, 6.45) is 0.568. The van der Waals surface area contributed by atoms with E-state index < -0.39 is 11.9 Å². The van der Waals surface area contributed by atoms with Gasteiger partial charge in [-0.25, -0.2) is 0 Å². The van der Waals surface area contributed by atoms with Crippen LogP contribution in [0.25, 0.3) is 0 Å². The Balaban J connectivity index is 2.84. The van der Waals surface area contributed by atoms with Crippen molar-refractivity contribution >= 4 is 29.1 Å². The van der Waals surface area contributed by atoms with Crippen molar-refractivity contribution in [2.45, 2.75) is 26.3 Å². The summed E-state index contributed by atoms with van der Waals surface area (Å²) >= 11 is 5.95. The molecule has 1 aromatic rings. The van der Waals surface area contributed by atoms with E-state index >= 15 is 0 Å². The van der Waals surface area contributed by atoms with Crippen LogP contribution in [0.2, 0.25) is 5.02 Å². The molecule has 2 amide bonds. The minimum Gasteiger partial charge on any atom is -0.366 e. The molecule has 19 heavy (non-hydrogen) atoms. The monoisotopic (exact) mass is 283 g/mol. The Morgan fingerprint density at radius 3 is 2.53 bits per heavy atom. The normalized spacial score (nSPS) is 12.3. The minimum absolute atomic E-state index is 0.275. The zero-order valence-corrected chi connectivity index (χ0v) is 11.7. The topological polar surface area (TPSA) is 98.2 Å². The van der Waals surface area contributed by atoms with Crippen LogP contribution in [0.15, 0.2) is 18.2 Å². The second-order valence-electron chi connectivity index (χ2n) is 4.78. The molecule has 0 aliphatic carbocycles. The lowest BCUT2D eigenvalue weighted by molar-refractivity contribution is -0.117. The molecule has 1 atom stereocenters. The Kier molecular flexibility index (Phi) is 5.32. The van der Waals surface area contributed by atoms with E-state index in [2.05, 4.69) is 5.32 Å². The number of halogens is 1. The SMILES string of the molecule is CC(C)CC(N)C(=O)Nc1cc(C(N)=O)ccc1Cl. The van der Waals surface area contributed by atoms with Crippen molar-refractivity contribution < 1.29 is 9.59 Å². The third-order valence-electron chi connectivity index (χ3n) is 2.57. The highest BCUT2D eigenvalue weighted by Crippen LogP contribution is 2.23. The molecule has 0 saturated carbocycles. The van der Waals surface area contributed by atoms with Gasteiger partial charge in [0, 0.05) is 5.56 Å². The van der Waals surface area contributed by atoms with Crippen LogP contribution < -0.4 is 16.8 Å². The highest BCUT2D eigenvalue weighted by Gasteiger charge is 2.16. The van der Waals surface area contributed by atoms with Crippen LogP contribution in [0.4, 0.5) is 5.69 Å². The van der Waals surface area contributed by atoms with Gasteiger partial charge in [-0.3, -0.25) is 9.59 Å². The molecule has 1 unspecified atom stereocenters. The van der Waals surface area contributed by atoms with Gasteiger partial charge in [-0.1, -0.05) is 25.4 Å². The van der Waals surface area contributed by atoms with Crippen LogP contribution in [0, 0.1) is 5.92 Å². The molecule has 1 aromatic carbocycles. The molecule has 5 nitrogen and oxygen atoms in total. The number of carbonyl (C=O) groups is 2. The number of hydrogen-bond acceptors (Lipinski definition) is 3. The Bertz CT molecular complexity index is 489. The van der Waals surface area contributed by atoms with Crippen LogP contribution in [0.1, 0.15) is 30.6 Å². The molecule has 1 rings (SSSR count). The van der Waals surface area contributed by atoms with Gasteiger partial charge in [-0.15, -0.1) is 0 Å². The molecule has 0 aliphatic rings. The molecule has 0 radical (unpaired) electrons. The number of anilines is 1. The maximum absolute atomic E-state index is 11.9. The average molecular weight is 284 g/mol. The molecule has 0 bridgehead atoms. The highest BCUT2D eigenvalue weighted by molar-refractivity contribution is 6.34. The third kappa shape index (κ3) is 4.54. The number of nitrogens with one attached hydrogen (secondary N) is 1. The van der Waals surface area contributed by atoms with Crippen molar-refractivity contribution in [3.05, 3.63) is 28.8 Å². The Morgan fingerprint density at radius 2 is 2.00 bits per heavy atom. The lowest BCUT2D eigenvalue weighted by Crippen LogP contribution is -2.36. The highest BCUT2D eigenvalue weighted by atomic mass is 35.5. The molecular formula is C13H18ClN3O2. The van der Waals surface area contributed by atoms with Crippen molar-refractivity contribution in [2.75, 3.05) is 5.32 Å². The van der Waals surface area contributed by atoms with Gasteiger partial charge >= 0.3 is 0 Å². The number of hydrogen-bond donors (Lipinski definition) is 3. The second-order valence-corrected chi connectivity index (χ2v) is 5.19. The van der Waals surface area contributed by atoms with E-state index in [4.69, 9.17) is 23.1 Å². The molecule has 5 N–H and O–H groups in total. The Morgan fingerprint density at radius 1 is 1.37 bits per heavy atom. The van der Waals surface area contributed by atoms with E-state index in [1.54, 1.807) is 0 Å². The fraction of sp³-hybridized carbons (Fsp3) is 0.385. The number of carbonyl (C=O) groups excluding carboxylic acids is 2. The predicted octanol–water partition coefficient (Wildman–Crippen LogP) is 1.75. The first-order chi connectivity index (χ1) is 8.81. The number of nitrogens with two attached hydrogens (primary N) is 2. The van der Waals surface area contributed by atoms with Crippen molar-refractivity contribution in [1.82, 2.24) is 0 Å². The summed E-state index contributed by atoms with van der Waals surface area (Å²) in [5, 5.41) is 2.94. The van der Waals surface area contributed by atoms with Crippen LogP contribution in [0.5, 0.6) is 0 Å². The van der Waals surface area contributed by atoms with E-state index in [1.165, 1.54) is 18.2 Å². The van der Waals surface area contributed by atoms with Crippen LogP contribution in [-0.2, 0) is 4.79 Å². The largest absolute Gasteiger partial charge is 0.366 e. The fourth-order valence-electron chi connectivity index (χ4n) is 1.61. The van der Waals surface area contributed by atoms with Gasteiger partial charge in [0.25, 0.3) is 0 Å². The summed E-state index contributed by atoms with van der Waals surface area (Å²) in [6, 6.07) is 3.82. The van der Waals surface area contributed by atoms with Gasteiger partial charge in [0.1, 0.15) is 0 Å². The first-order valence-electron chi connectivity index (χ1n) is 5.97. The molecular weight excluding hydrogens is 266 g/mol. The quantitative estimate of drug-likeness (QED) is 0.768. The minimum atomic E-state index is -0.617. The average Bonchev–Trinajstić information content (AvgIpc) is 2.30. The third-order valence-corrected chi connectivity index (χ3v) is 2.90. The summed E-state index contributed by atoms with van der Waals surface area (Å²) < 4.78 is 0. The number of benzene rings is 1. The number of rotatable bonds is 5. The van der Waals surface area contributed by atoms with Crippen molar-refractivity contribution in [2.24, 2.45) is 17.4 Å². The maximum Gasteiger partial charge on any atom is 0.248 e.